The predicted molar refractivity (Wildman–Crippen MR) is 82.3 cm³/mol. The second kappa shape index (κ2) is 7.19. The highest BCUT2D eigenvalue weighted by atomic mass is 35.5. The van der Waals surface area contributed by atoms with Crippen molar-refractivity contribution in [3.8, 4) is 0 Å². The largest absolute Gasteiger partial charge is 0.321 e. The van der Waals surface area contributed by atoms with Crippen LogP contribution < -0.4 is 5.32 Å². The summed E-state index contributed by atoms with van der Waals surface area (Å²) < 4.78 is 12.8. The van der Waals surface area contributed by atoms with Gasteiger partial charge in [-0.2, -0.15) is 0 Å². The summed E-state index contributed by atoms with van der Waals surface area (Å²) in [7, 11) is 0. The topological polar surface area (TPSA) is 54.9 Å². The standard InChI is InChI=1S/C14H11ClFN3OS/c1-2-7-21-14-17-8-11(15)12(19-14)13(20)18-10-5-3-9(16)4-6-10/h2-6,8H,1,7H2,(H,18,20). The molecule has 2 aromatic rings. The van der Waals surface area contributed by atoms with Crippen molar-refractivity contribution in [2.75, 3.05) is 11.1 Å². The Bertz CT molecular complexity index is 664. The molecule has 0 atom stereocenters. The summed E-state index contributed by atoms with van der Waals surface area (Å²) in [4.78, 5) is 20.3. The number of hydrogen-bond donors (Lipinski definition) is 1. The lowest BCUT2D eigenvalue weighted by Gasteiger charge is -2.07. The molecule has 1 heterocycles. The van der Waals surface area contributed by atoms with Crippen molar-refractivity contribution in [1.82, 2.24) is 9.97 Å². The van der Waals surface area contributed by atoms with Crippen molar-refractivity contribution in [3.05, 3.63) is 59.7 Å². The Hall–Kier alpha value is -1.92. The molecule has 1 N–H and O–H groups in total. The van der Waals surface area contributed by atoms with Gasteiger partial charge in [0.25, 0.3) is 5.91 Å². The van der Waals surface area contributed by atoms with Crippen LogP contribution >= 0.6 is 23.4 Å². The van der Waals surface area contributed by atoms with Crippen LogP contribution in [-0.4, -0.2) is 21.6 Å². The van der Waals surface area contributed by atoms with Crippen molar-refractivity contribution in [2.24, 2.45) is 0 Å². The Labute approximate surface area is 130 Å². The van der Waals surface area contributed by atoms with Gasteiger partial charge in [0.15, 0.2) is 10.9 Å². The summed E-state index contributed by atoms with van der Waals surface area (Å²) in [6, 6.07) is 5.41. The predicted octanol–water partition coefficient (Wildman–Crippen LogP) is 3.80. The smallest absolute Gasteiger partial charge is 0.275 e. The molecule has 108 valence electrons. The number of amides is 1. The zero-order chi connectivity index (χ0) is 15.2. The summed E-state index contributed by atoms with van der Waals surface area (Å²) in [5.74, 6) is -0.230. The van der Waals surface area contributed by atoms with Gasteiger partial charge in [0.1, 0.15) is 5.82 Å². The minimum Gasteiger partial charge on any atom is -0.321 e. The molecule has 7 heteroatoms. The summed E-state index contributed by atoms with van der Waals surface area (Å²) >= 11 is 7.28. The maximum atomic E-state index is 12.8. The molecule has 0 radical (unpaired) electrons. The van der Waals surface area contributed by atoms with E-state index in [0.29, 0.717) is 16.6 Å². The minimum atomic E-state index is -0.477. The van der Waals surface area contributed by atoms with Gasteiger partial charge in [-0.3, -0.25) is 4.79 Å². The minimum absolute atomic E-state index is 0.0718. The van der Waals surface area contributed by atoms with Gasteiger partial charge in [-0.15, -0.1) is 6.58 Å². The maximum absolute atomic E-state index is 12.8. The van der Waals surface area contributed by atoms with E-state index in [1.54, 1.807) is 6.08 Å². The van der Waals surface area contributed by atoms with Gasteiger partial charge in [0.2, 0.25) is 0 Å². The summed E-state index contributed by atoms with van der Waals surface area (Å²) in [6.45, 7) is 3.60. The van der Waals surface area contributed by atoms with Crippen LogP contribution in [0.15, 0.2) is 48.3 Å². The van der Waals surface area contributed by atoms with Gasteiger partial charge < -0.3 is 5.32 Å². The maximum Gasteiger partial charge on any atom is 0.275 e. The quantitative estimate of drug-likeness (QED) is 0.516. The highest BCUT2D eigenvalue weighted by Gasteiger charge is 2.14. The van der Waals surface area contributed by atoms with Crippen molar-refractivity contribution in [2.45, 2.75) is 5.16 Å². The number of carbonyl (C=O) groups excluding carboxylic acids is 1. The van der Waals surface area contributed by atoms with Crippen LogP contribution in [-0.2, 0) is 0 Å². The zero-order valence-electron chi connectivity index (χ0n) is 10.8. The Balaban J connectivity index is 2.17. The van der Waals surface area contributed by atoms with E-state index in [0.717, 1.165) is 0 Å². The first kappa shape index (κ1) is 15.5. The second-order valence-electron chi connectivity index (χ2n) is 3.91. The third kappa shape index (κ3) is 4.27. The number of nitrogens with zero attached hydrogens (tertiary/aromatic N) is 2. The molecule has 1 aromatic heterocycles. The molecule has 0 spiro atoms. The highest BCUT2D eigenvalue weighted by Crippen LogP contribution is 2.19. The second-order valence-corrected chi connectivity index (χ2v) is 5.30. The number of nitrogens with one attached hydrogen (secondary N) is 1. The third-order valence-electron chi connectivity index (χ3n) is 2.37. The number of rotatable bonds is 5. The molecule has 4 nitrogen and oxygen atoms in total. The molecule has 2 rings (SSSR count). The van der Waals surface area contributed by atoms with Gasteiger partial charge in [0, 0.05) is 11.4 Å². The molecule has 0 saturated carbocycles. The monoisotopic (exact) mass is 323 g/mol. The molecule has 1 amide bonds. The third-order valence-corrected chi connectivity index (χ3v) is 3.50. The van der Waals surface area contributed by atoms with Crippen LogP contribution in [0.5, 0.6) is 0 Å². The molecule has 0 unspecified atom stereocenters. The van der Waals surface area contributed by atoms with Crippen LogP contribution in [0.4, 0.5) is 10.1 Å². The summed E-state index contributed by atoms with van der Waals surface area (Å²) in [5.41, 5.74) is 0.527. The molecule has 0 fully saturated rings. The molecule has 0 saturated heterocycles. The van der Waals surface area contributed by atoms with Crippen LogP contribution in [0.1, 0.15) is 10.5 Å². The number of hydrogen-bond acceptors (Lipinski definition) is 4. The fourth-order valence-electron chi connectivity index (χ4n) is 1.44. The van der Waals surface area contributed by atoms with E-state index in [2.05, 4.69) is 21.9 Å². The fourth-order valence-corrected chi connectivity index (χ4v) is 2.16. The zero-order valence-corrected chi connectivity index (χ0v) is 12.4. The average molecular weight is 324 g/mol. The first-order valence-corrected chi connectivity index (χ1v) is 7.29. The van der Waals surface area contributed by atoms with E-state index in [4.69, 9.17) is 11.6 Å². The summed E-state index contributed by atoms with van der Waals surface area (Å²) in [6.07, 6.45) is 3.08. The Kier molecular flexibility index (Phi) is 5.30. The number of aromatic nitrogens is 2. The average Bonchev–Trinajstić information content (AvgIpc) is 2.48. The van der Waals surface area contributed by atoms with E-state index in [-0.39, 0.29) is 16.5 Å². The first-order chi connectivity index (χ1) is 10.1. The van der Waals surface area contributed by atoms with Crippen LogP contribution in [0.2, 0.25) is 5.02 Å². The molecule has 0 aliphatic heterocycles. The molecule has 0 aliphatic rings. The highest BCUT2D eigenvalue weighted by molar-refractivity contribution is 7.99. The first-order valence-electron chi connectivity index (χ1n) is 5.93. The molecular formula is C14H11ClFN3OS. The van der Waals surface area contributed by atoms with Gasteiger partial charge >= 0.3 is 0 Å². The van der Waals surface area contributed by atoms with Crippen molar-refractivity contribution in [1.29, 1.82) is 0 Å². The SMILES string of the molecule is C=CCSc1ncc(Cl)c(C(=O)Nc2ccc(F)cc2)n1. The van der Waals surface area contributed by atoms with E-state index >= 15 is 0 Å². The van der Waals surface area contributed by atoms with E-state index in [1.807, 2.05) is 0 Å². The van der Waals surface area contributed by atoms with E-state index in [1.165, 1.54) is 42.2 Å². The van der Waals surface area contributed by atoms with Crippen molar-refractivity contribution >= 4 is 35.0 Å². The molecule has 1 aromatic carbocycles. The Morgan fingerprint density at radius 3 is 2.81 bits per heavy atom. The summed E-state index contributed by atoms with van der Waals surface area (Å²) in [5, 5.41) is 3.18. The van der Waals surface area contributed by atoms with Crippen LogP contribution in [0, 0.1) is 5.82 Å². The van der Waals surface area contributed by atoms with Gasteiger partial charge in [0.05, 0.1) is 11.2 Å². The number of benzene rings is 1. The Morgan fingerprint density at radius 1 is 1.43 bits per heavy atom. The van der Waals surface area contributed by atoms with Crippen LogP contribution in [0.25, 0.3) is 0 Å². The lowest BCUT2D eigenvalue weighted by Crippen LogP contribution is -2.15. The van der Waals surface area contributed by atoms with Gasteiger partial charge in [-0.25, -0.2) is 14.4 Å². The molecule has 0 aliphatic carbocycles. The Morgan fingerprint density at radius 2 is 2.14 bits per heavy atom. The van der Waals surface area contributed by atoms with Gasteiger partial charge in [-0.1, -0.05) is 29.4 Å². The van der Waals surface area contributed by atoms with Crippen molar-refractivity contribution in [3.63, 3.8) is 0 Å². The fraction of sp³-hybridized carbons (Fsp3) is 0.0714. The number of carbonyl (C=O) groups is 1. The normalized spacial score (nSPS) is 10.2. The molecular weight excluding hydrogens is 313 g/mol. The van der Waals surface area contributed by atoms with Gasteiger partial charge in [-0.05, 0) is 24.3 Å². The van der Waals surface area contributed by atoms with Crippen molar-refractivity contribution < 1.29 is 9.18 Å². The number of anilines is 1. The lowest BCUT2D eigenvalue weighted by molar-refractivity contribution is 0.102. The number of thioether (sulfide) groups is 1. The van der Waals surface area contributed by atoms with E-state index in [9.17, 15) is 9.18 Å². The lowest BCUT2D eigenvalue weighted by atomic mass is 10.3. The molecule has 0 bridgehead atoms. The van der Waals surface area contributed by atoms with Crippen LogP contribution in [0.3, 0.4) is 0 Å². The molecule has 21 heavy (non-hydrogen) atoms. The number of halogens is 2. The van der Waals surface area contributed by atoms with E-state index < -0.39 is 5.91 Å².